The van der Waals surface area contributed by atoms with Crippen LogP contribution >= 0.6 is 11.6 Å². The van der Waals surface area contributed by atoms with Crippen LogP contribution < -0.4 is 14.4 Å². The number of hydrogen-bond acceptors (Lipinski definition) is 8. The first-order chi connectivity index (χ1) is 20.2. The molecule has 2 N–H and O–H groups in total. The van der Waals surface area contributed by atoms with E-state index in [1.165, 1.54) is 22.5 Å². The molecule has 1 atom stereocenters. The number of fused-ring (bicyclic) bond motifs is 8. The van der Waals surface area contributed by atoms with Crippen molar-refractivity contribution in [2.75, 3.05) is 56.3 Å². The highest BCUT2D eigenvalue weighted by molar-refractivity contribution is 7.92. The molecule has 3 aliphatic rings. The fourth-order valence-corrected chi connectivity index (χ4v) is 6.67. The van der Waals surface area contributed by atoms with Crippen LogP contribution in [0, 0.1) is 0 Å². The van der Waals surface area contributed by atoms with E-state index < -0.39 is 10.0 Å². The number of aryl methyl sites for hydroxylation is 1. The zero-order valence-electron chi connectivity index (χ0n) is 24.0. The predicted molar refractivity (Wildman–Crippen MR) is 168 cm³/mol. The summed E-state index contributed by atoms with van der Waals surface area (Å²) < 4.78 is 37.7. The first-order valence-corrected chi connectivity index (χ1v) is 16.3. The van der Waals surface area contributed by atoms with Crippen molar-refractivity contribution in [3.63, 3.8) is 0 Å². The molecule has 1 aliphatic carbocycles. The number of halogens is 1. The smallest absolute Gasteiger partial charge is 0.232 e. The molecule has 2 aromatic carbocycles. The Morgan fingerprint density at radius 1 is 1.05 bits per heavy atom. The summed E-state index contributed by atoms with van der Waals surface area (Å²) in [5, 5.41) is 5.39. The highest BCUT2D eigenvalue weighted by atomic mass is 35.5. The molecule has 12 heteroatoms. The molecule has 10 nitrogen and oxygen atoms in total. The molecule has 0 amide bonds. The van der Waals surface area contributed by atoms with E-state index in [4.69, 9.17) is 31.0 Å². The maximum Gasteiger partial charge on any atom is 0.232 e. The van der Waals surface area contributed by atoms with Gasteiger partial charge in [0.05, 0.1) is 42.8 Å². The Bertz CT molecular complexity index is 1770. The number of rotatable bonds is 4. The van der Waals surface area contributed by atoms with Gasteiger partial charge in [0.2, 0.25) is 16.0 Å². The molecule has 1 fully saturated rings. The highest BCUT2D eigenvalue weighted by Gasteiger charge is 2.27. The second-order valence-corrected chi connectivity index (χ2v) is 13.3. The van der Waals surface area contributed by atoms with Crippen LogP contribution in [0.1, 0.15) is 29.8 Å². The van der Waals surface area contributed by atoms with Crippen LogP contribution in [0.15, 0.2) is 42.6 Å². The molecule has 3 heterocycles. The zero-order valence-corrected chi connectivity index (χ0v) is 25.6. The SMILES string of the molecule is COc1c2c(c3ccc4ccc(N(C)S(C)(=O)=O)c(c4)nc4[nH]c(nc1c3)NC=C4Cl)CC[C@H](N1CCOCC1)CC2. The minimum absolute atomic E-state index is 0.335. The third-order valence-corrected chi connectivity index (χ3v) is 9.77. The number of aromatic amines is 1. The Balaban J connectivity index is 1.59. The second kappa shape index (κ2) is 11.7. The summed E-state index contributed by atoms with van der Waals surface area (Å²) in [6.07, 6.45) is 6.69. The van der Waals surface area contributed by atoms with E-state index in [9.17, 15) is 8.42 Å². The second-order valence-electron chi connectivity index (χ2n) is 10.8. The van der Waals surface area contributed by atoms with Gasteiger partial charge in [-0.05, 0) is 60.2 Å². The van der Waals surface area contributed by atoms with Gasteiger partial charge < -0.3 is 19.8 Å². The fraction of sp³-hybridized carbons (Fsp3) is 0.400. The predicted octanol–water partition coefficient (Wildman–Crippen LogP) is 4.74. The Labute approximate surface area is 250 Å². The molecule has 1 aromatic heterocycles. The van der Waals surface area contributed by atoms with E-state index in [1.807, 2.05) is 18.2 Å². The maximum absolute atomic E-state index is 12.4. The number of benzene rings is 2. The first kappa shape index (κ1) is 28.7. The summed E-state index contributed by atoms with van der Waals surface area (Å²) >= 11 is 6.52. The minimum Gasteiger partial charge on any atom is -0.494 e. The van der Waals surface area contributed by atoms with Crippen molar-refractivity contribution < 1.29 is 17.9 Å². The third kappa shape index (κ3) is 5.78. The van der Waals surface area contributed by atoms with Crippen molar-refractivity contribution in [2.24, 2.45) is 0 Å². The molecular weight excluding hydrogens is 576 g/mol. The van der Waals surface area contributed by atoms with E-state index in [0.717, 1.165) is 74.8 Å². The maximum atomic E-state index is 12.4. The third-order valence-electron chi connectivity index (χ3n) is 8.29. The molecule has 3 aromatic rings. The number of methoxy groups -OCH3 is 1. The van der Waals surface area contributed by atoms with Gasteiger partial charge in [0, 0.05) is 37.9 Å². The molecular formula is C30H35ClN6O4S. The number of ether oxygens (including phenoxy) is 2. The average molecular weight is 611 g/mol. The largest absolute Gasteiger partial charge is 0.494 e. The fourth-order valence-electron chi connectivity index (χ4n) is 6.01. The Hall–Kier alpha value is -3.38. The van der Waals surface area contributed by atoms with Gasteiger partial charge in [-0.15, -0.1) is 0 Å². The number of aromatic nitrogens is 3. The molecule has 6 rings (SSSR count). The number of anilines is 2. The van der Waals surface area contributed by atoms with Crippen molar-refractivity contribution >= 4 is 60.1 Å². The van der Waals surface area contributed by atoms with Crippen LogP contribution in [-0.4, -0.2) is 81.0 Å². The Morgan fingerprint density at radius 3 is 2.52 bits per heavy atom. The number of sulfonamides is 1. The number of hydrogen-bond donors (Lipinski definition) is 2. The van der Waals surface area contributed by atoms with E-state index in [2.05, 4.69) is 27.3 Å². The standard InChI is InChI=1S/C30H35ClN6O4S/c1-36(42(3,38)39)27-11-5-19-4-6-20-17-26(34-30-32-18-24(31)29(35-30)33-25(27)16-19)28(40-2)23-10-8-21(7-9-22(20)23)37-12-14-41-15-13-37/h4-6,11,16-18,21H,7-10,12-15H2,1-3H3,(H2,32,33,34,35)/t21-/m0/s1. The van der Waals surface area contributed by atoms with E-state index in [1.54, 1.807) is 19.4 Å². The summed E-state index contributed by atoms with van der Waals surface area (Å²) in [6.45, 7) is 3.50. The number of nitrogens with zero attached hydrogens (tertiary/aromatic N) is 4. The van der Waals surface area contributed by atoms with Crippen molar-refractivity contribution in [2.45, 2.75) is 31.7 Å². The lowest BCUT2D eigenvalue weighted by Gasteiger charge is -2.34. The lowest BCUT2D eigenvalue weighted by atomic mass is 9.97. The minimum atomic E-state index is -3.52. The number of nitrogens with one attached hydrogen (secondary N) is 2. The molecule has 0 radical (unpaired) electrons. The molecule has 42 heavy (non-hydrogen) atoms. The lowest BCUT2D eigenvalue weighted by molar-refractivity contribution is 0.0136. The molecule has 0 saturated carbocycles. The summed E-state index contributed by atoms with van der Waals surface area (Å²) in [7, 11) is -0.315. The topological polar surface area (TPSA) is 113 Å². The van der Waals surface area contributed by atoms with Crippen LogP contribution in [0.4, 0.5) is 11.6 Å². The number of morpholine rings is 1. The van der Waals surface area contributed by atoms with Crippen molar-refractivity contribution in [1.82, 2.24) is 19.9 Å². The van der Waals surface area contributed by atoms with Crippen LogP contribution in [0.3, 0.4) is 0 Å². The summed E-state index contributed by atoms with van der Waals surface area (Å²) in [5.41, 5.74) is 4.05. The first-order valence-electron chi connectivity index (χ1n) is 14.1. The molecule has 0 unspecified atom stereocenters. The van der Waals surface area contributed by atoms with Crippen LogP contribution in [-0.2, 0) is 27.6 Å². The summed E-state index contributed by atoms with van der Waals surface area (Å²) in [5.74, 6) is 1.55. The van der Waals surface area contributed by atoms with Gasteiger partial charge >= 0.3 is 0 Å². The Kier molecular flexibility index (Phi) is 8.01. The summed E-state index contributed by atoms with van der Waals surface area (Å²) in [6, 6.07) is 12.2. The van der Waals surface area contributed by atoms with Crippen LogP contribution in [0.25, 0.3) is 26.8 Å². The van der Waals surface area contributed by atoms with Crippen molar-refractivity contribution in [3.8, 4) is 5.75 Å². The van der Waals surface area contributed by atoms with Gasteiger partial charge in [-0.3, -0.25) is 9.21 Å². The van der Waals surface area contributed by atoms with Crippen LogP contribution in [0.5, 0.6) is 5.75 Å². The monoisotopic (exact) mass is 610 g/mol. The van der Waals surface area contributed by atoms with E-state index in [0.29, 0.717) is 39.6 Å². The quantitative estimate of drug-likeness (QED) is 0.407. The normalized spacial score (nSPS) is 18.8. The van der Waals surface area contributed by atoms with Crippen molar-refractivity contribution in [1.29, 1.82) is 0 Å². The van der Waals surface area contributed by atoms with Crippen molar-refractivity contribution in [3.05, 3.63) is 59.5 Å². The van der Waals surface area contributed by atoms with E-state index in [-0.39, 0.29) is 0 Å². The highest BCUT2D eigenvalue weighted by Crippen LogP contribution is 2.37. The van der Waals surface area contributed by atoms with Gasteiger partial charge in [-0.1, -0.05) is 29.8 Å². The van der Waals surface area contributed by atoms with Gasteiger partial charge in [0.1, 0.15) is 11.3 Å². The lowest BCUT2D eigenvalue weighted by Crippen LogP contribution is -2.43. The summed E-state index contributed by atoms with van der Waals surface area (Å²) in [4.78, 5) is 15.4. The van der Waals surface area contributed by atoms with Gasteiger partial charge in [-0.2, -0.15) is 0 Å². The molecule has 1 saturated heterocycles. The zero-order chi connectivity index (χ0) is 29.4. The average Bonchev–Trinajstić information content (AvgIpc) is 3.20. The molecule has 6 bridgehead atoms. The van der Waals surface area contributed by atoms with Gasteiger partial charge in [0.25, 0.3) is 0 Å². The van der Waals surface area contributed by atoms with Gasteiger partial charge in [0.15, 0.2) is 5.82 Å². The molecule has 0 spiro atoms. The Morgan fingerprint density at radius 2 is 1.79 bits per heavy atom. The molecule has 2 aliphatic heterocycles. The molecule has 222 valence electrons. The number of H-pyrrole nitrogens is 1. The van der Waals surface area contributed by atoms with E-state index >= 15 is 0 Å². The van der Waals surface area contributed by atoms with Gasteiger partial charge in [-0.25, -0.2) is 18.4 Å². The van der Waals surface area contributed by atoms with Crippen LogP contribution in [0.2, 0.25) is 0 Å².